The quantitative estimate of drug-likeness (QED) is 0.452. The van der Waals surface area contributed by atoms with Crippen molar-refractivity contribution in [1.29, 1.82) is 0 Å². The molecule has 1 atom stereocenters. The number of nitrogens with two attached hydrogens (primary N) is 1. The highest BCUT2D eigenvalue weighted by Crippen LogP contribution is 2.13. The van der Waals surface area contributed by atoms with Crippen LogP contribution in [0.1, 0.15) is 69.9 Å². The van der Waals surface area contributed by atoms with Crippen LogP contribution in [-0.4, -0.2) is 17.1 Å². The summed E-state index contributed by atoms with van der Waals surface area (Å²) in [6, 6.07) is 1.49. The van der Waals surface area contributed by atoms with Crippen molar-refractivity contribution in [3.63, 3.8) is 0 Å². The predicted octanol–water partition coefficient (Wildman–Crippen LogP) is 3.71. The van der Waals surface area contributed by atoms with Gasteiger partial charge in [0.2, 0.25) is 0 Å². The number of aryl methyl sites for hydroxylation is 2. The molecule has 3 N–H and O–H groups in total. The maximum Gasteiger partial charge on any atom is 0.320 e. The maximum atomic E-state index is 10.7. The van der Waals surface area contributed by atoms with Gasteiger partial charge in [-0.1, -0.05) is 38.8 Å². The Morgan fingerprint density at radius 2 is 2.08 bits per heavy atom. The molecule has 1 rings (SSSR count). The zero-order valence-corrected chi connectivity index (χ0v) is 15.2. The lowest BCUT2D eigenvalue weighted by molar-refractivity contribution is -0.697. The first-order valence-corrected chi connectivity index (χ1v) is 9.25. The first-order valence-electron chi connectivity index (χ1n) is 9.25. The minimum Gasteiger partial charge on any atom is -0.480 e. The van der Waals surface area contributed by atoms with E-state index in [-0.39, 0.29) is 0 Å². The van der Waals surface area contributed by atoms with Crippen LogP contribution in [0.2, 0.25) is 0 Å². The number of carbonyl (C=O) groups is 1. The van der Waals surface area contributed by atoms with E-state index in [2.05, 4.69) is 49.0 Å². The lowest BCUT2D eigenvalue weighted by Crippen LogP contribution is -2.34. The number of nitrogens with zero attached hydrogens (tertiary/aromatic N) is 1. The number of pyridine rings is 1. The summed E-state index contributed by atoms with van der Waals surface area (Å²) in [5, 5.41) is 8.80. The summed E-state index contributed by atoms with van der Waals surface area (Å²) < 4.78 is 2.20. The minimum absolute atomic E-state index is 0.535. The molecule has 0 spiro atoms. The number of carboxylic acid groups (broad SMARTS) is 1. The molecule has 0 bridgehead atoms. The predicted molar refractivity (Wildman–Crippen MR) is 98.7 cm³/mol. The second-order valence-corrected chi connectivity index (χ2v) is 6.40. The largest absolute Gasteiger partial charge is 0.480 e. The van der Waals surface area contributed by atoms with E-state index in [0.717, 1.165) is 38.6 Å². The molecule has 1 unspecified atom stereocenters. The Morgan fingerprint density at radius 3 is 2.75 bits per heavy atom. The summed E-state index contributed by atoms with van der Waals surface area (Å²) in [5.41, 5.74) is 8.26. The average molecular weight is 333 g/mol. The van der Waals surface area contributed by atoms with Crippen molar-refractivity contribution >= 4 is 12.0 Å². The highest BCUT2D eigenvalue weighted by atomic mass is 16.4. The Morgan fingerprint density at radius 1 is 1.29 bits per heavy atom. The third kappa shape index (κ3) is 7.73. The van der Waals surface area contributed by atoms with Crippen molar-refractivity contribution in [2.24, 2.45) is 5.73 Å². The van der Waals surface area contributed by atoms with E-state index in [0.29, 0.717) is 6.42 Å². The van der Waals surface area contributed by atoms with Crippen molar-refractivity contribution in [1.82, 2.24) is 0 Å². The van der Waals surface area contributed by atoms with E-state index in [1.165, 1.54) is 24.0 Å². The molecule has 4 heteroatoms. The van der Waals surface area contributed by atoms with Crippen LogP contribution in [0.4, 0.5) is 0 Å². The van der Waals surface area contributed by atoms with Crippen LogP contribution in [0.15, 0.2) is 24.5 Å². The Labute approximate surface area is 146 Å². The Hall–Kier alpha value is -1.68. The molecule has 1 aromatic heterocycles. The van der Waals surface area contributed by atoms with Crippen molar-refractivity contribution in [2.75, 3.05) is 0 Å². The number of hydrogen-bond donors (Lipinski definition) is 2. The van der Waals surface area contributed by atoms with E-state index in [4.69, 9.17) is 10.8 Å². The summed E-state index contributed by atoms with van der Waals surface area (Å²) >= 11 is 0. The summed E-state index contributed by atoms with van der Waals surface area (Å²) in [5.74, 6) is -0.911. The molecule has 134 valence electrons. The van der Waals surface area contributed by atoms with Crippen LogP contribution in [-0.2, 0) is 17.8 Å². The van der Waals surface area contributed by atoms with Crippen molar-refractivity contribution < 1.29 is 14.5 Å². The second-order valence-electron chi connectivity index (χ2n) is 6.40. The third-order valence-corrected chi connectivity index (χ3v) is 4.19. The molecule has 0 radical (unpaired) electrons. The monoisotopic (exact) mass is 333 g/mol. The van der Waals surface area contributed by atoms with Gasteiger partial charge in [-0.25, -0.2) is 4.57 Å². The third-order valence-electron chi connectivity index (χ3n) is 4.19. The zero-order chi connectivity index (χ0) is 17.8. The van der Waals surface area contributed by atoms with Crippen LogP contribution < -0.4 is 10.3 Å². The topological polar surface area (TPSA) is 67.2 Å². The van der Waals surface area contributed by atoms with Crippen molar-refractivity contribution in [3.05, 3.63) is 35.7 Å². The van der Waals surface area contributed by atoms with Crippen LogP contribution in [0.3, 0.4) is 0 Å². The van der Waals surface area contributed by atoms with Gasteiger partial charge < -0.3 is 10.8 Å². The van der Waals surface area contributed by atoms with Gasteiger partial charge in [0.1, 0.15) is 12.6 Å². The van der Waals surface area contributed by atoms with E-state index in [1.54, 1.807) is 0 Å². The number of rotatable bonds is 12. The lowest BCUT2D eigenvalue weighted by Gasteiger charge is -2.07. The number of aromatic nitrogens is 1. The van der Waals surface area contributed by atoms with Gasteiger partial charge in [-0.15, -0.1) is 0 Å². The van der Waals surface area contributed by atoms with Crippen molar-refractivity contribution in [2.45, 2.75) is 77.8 Å². The minimum atomic E-state index is -0.911. The van der Waals surface area contributed by atoms with Gasteiger partial charge in [0, 0.05) is 18.1 Å². The lowest BCUT2D eigenvalue weighted by atomic mass is 10.0. The summed E-state index contributed by atoms with van der Waals surface area (Å²) in [6.45, 7) is 5.31. The zero-order valence-electron chi connectivity index (χ0n) is 15.2. The standard InChI is InChI=1S/C20H32N2O2/c1-3-5-7-11-18-16-22(15-13-17(18)10-6-4-2)14-9-8-12-19(21)20(23)24/h7,11,13,15-16,19H,3-6,8-10,12,14,21H2,1-2H3/p+1/b11-7+. The maximum absolute atomic E-state index is 10.7. The van der Waals surface area contributed by atoms with Crippen LogP contribution in [0.25, 0.3) is 6.08 Å². The van der Waals surface area contributed by atoms with E-state index in [1.807, 2.05) is 0 Å². The fourth-order valence-electron chi connectivity index (χ4n) is 2.63. The highest BCUT2D eigenvalue weighted by Gasteiger charge is 2.11. The van der Waals surface area contributed by atoms with Gasteiger partial charge in [0.25, 0.3) is 0 Å². The highest BCUT2D eigenvalue weighted by molar-refractivity contribution is 5.72. The molecule has 0 aliphatic rings. The molecule has 0 fully saturated rings. The second kappa shape index (κ2) is 11.8. The molecule has 0 saturated carbocycles. The normalized spacial score (nSPS) is 12.6. The molecule has 0 saturated heterocycles. The van der Waals surface area contributed by atoms with E-state index >= 15 is 0 Å². The molecular formula is C20H33N2O2+. The molecule has 1 heterocycles. The molecular weight excluding hydrogens is 300 g/mol. The number of hydrogen-bond acceptors (Lipinski definition) is 2. The van der Waals surface area contributed by atoms with E-state index < -0.39 is 12.0 Å². The molecule has 24 heavy (non-hydrogen) atoms. The van der Waals surface area contributed by atoms with Crippen LogP contribution in [0.5, 0.6) is 0 Å². The molecule has 0 amide bonds. The molecule has 0 aliphatic heterocycles. The van der Waals surface area contributed by atoms with Gasteiger partial charge >= 0.3 is 5.97 Å². The molecule has 1 aromatic rings. The number of carboxylic acids is 1. The van der Waals surface area contributed by atoms with Gasteiger partial charge in [-0.05, 0) is 37.7 Å². The molecule has 0 aromatic carbocycles. The fourth-order valence-corrected chi connectivity index (χ4v) is 2.63. The Balaban J connectivity index is 2.64. The van der Waals surface area contributed by atoms with E-state index in [9.17, 15) is 4.79 Å². The Kier molecular flexibility index (Phi) is 10.0. The molecule has 4 nitrogen and oxygen atoms in total. The van der Waals surface area contributed by atoms with Gasteiger partial charge in [-0.3, -0.25) is 4.79 Å². The van der Waals surface area contributed by atoms with Crippen molar-refractivity contribution in [3.8, 4) is 0 Å². The summed E-state index contributed by atoms with van der Waals surface area (Å²) in [4.78, 5) is 10.7. The smallest absolute Gasteiger partial charge is 0.320 e. The average Bonchev–Trinajstić information content (AvgIpc) is 2.57. The fraction of sp³-hybridized carbons (Fsp3) is 0.600. The van der Waals surface area contributed by atoms with Crippen LogP contribution in [0, 0.1) is 0 Å². The number of allylic oxidation sites excluding steroid dienone is 1. The van der Waals surface area contributed by atoms with Gasteiger partial charge in [0.15, 0.2) is 12.4 Å². The Bertz CT molecular complexity index is 526. The summed E-state index contributed by atoms with van der Waals surface area (Å²) in [6.07, 6.45) is 17.0. The first-order chi connectivity index (χ1) is 11.6. The van der Waals surface area contributed by atoms with Gasteiger partial charge in [-0.2, -0.15) is 0 Å². The van der Waals surface area contributed by atoms with Gasteiger partial charge in [0.05, 0.1) is 0 Å². The van der Waals surface area contributed by atoms with Crippen LogP contribution >= 0.6 is 0 Å². The molecule has 0 aliphatic carbocycles. The number of unbranched alkanes of at least 4 members (excludes halogenated alkanes) is 3. The SMILES string of the molecule is CCC/C=C/c1c[n+](CCCCC(N)C(=O)O)ccc1CCCC. The number of aliphatic carboxylic acids is 1. The summed E-state index contributed by atoms with van der Waals surface area (Å²) in [7, 11) is 0. The first kappa shape index (κ1) is 20.4.